The Labute approximate surface area is 134 Å². The van der Waals surface area contributed by atoms with Gasteiger partial charge in [-0.25, -0.2) is 4.39 Å². The lowest BCUT2D eigenvalue weighted by Crippen LogP contribution is -2.24. The number of carbonyl (C=O) groups excluding carboxylic acids is 1. The van der Waals surface area contributed by atoms with Gasteiger partial charge in [-0.1, -0.05) is 30.3 Å². The highest BCUT2D eigenvalue weighted by molar-refractivity contribution is 5.74. The van der Waals surface area contributed by atoms with Gasteiger partial charge in [-0.15, -0.1) is 0 Å². The number of ether oxygens (including phenoxy) is 1. The van der Waals surface area contributed by atoms with Crippen LogP contribution in [0.4, 0.5) is 4.39 Å². The first-order valence-corrected chi connectivity index (χ1v) is 7.64. The quantitative estimate of drug-likeness (QED) is 0.814. The van der Waals surface area contributed by atoms with E-state index in [0.717, 1.165) is 11.3 Å². The number of likely N-dealkylation sites (N-methyl/N-ethyl adjacent to an activating group) is 1. The van der Waals surface area contributed by atoms with Gasteiger partial charge in [0.15, 0.2) is 0 Å². The Hall–Kier alpha value is -2.27. The molecule has 1 aliphatic rings. The molecule has 0 radical (unpaired) electrons. The molecule has 1 aromatic heterocycles. The standard InChI is InChI=1S/C18H19FN2O2/c1-21-10-15(17-8-7-14(19)9-20-17)16(11-21)18(22)23-12-13-5-3-2-4-6-13/h2-9,15-16H,10-12H2,1H3/t15-,16-/m1/s1. The van der Waals surface area contributed by atoms with Crippen molar-refractivity contribution in [3.8, 4) is 0 Å². The van der Waals surface area contributed by atoms with Gasteiger partial charge in [0.1, 0.15) is 12.4 Å². The Morgan fingerprint density at radius 3 is 2.74 bits per heavy atom. The normalized spacial score (nSPS) is 21.3. The lowest BCUT2D eigenvalue weighted by Gasteiger charge is -2.17. The van der Waals surface area contributed by atoms with Crippen molar-refractivity contribution >= 4 is 5.97 Å². The number of benzene rings is 1. The summed E-state index contributed by atoms with van der Waals surface area (Å²) in [6.07, 6.45) is 1.19. The summed E-state index contributed by atoms with van der Waals surface area (Å²) in [5.74, 6) is -0.941. The molecule has 0 bridgehead atoms. The average molecular weight is 314 g/mol. The first-order valence-electron chi connectivity index (χ1n) is 7.64. The van der Waals surface area contributed by atoms with Crippen molar-refractivity contribution < 1.29 is 13.9 Å². The molecule has 2 atom stereocenters. The Morgan fingerprint density at radius 2 is 2.04 bits per heavy atom. The number of carbonyl (C=O) groups is 1. The van der Waals surface area contributed by atoms with Crippen LogP contribution in [0, 0.1) is 11.7 Å². The van der Waals surface area contributed by atoms with Crippen molar-refractivity contribution in [2.24, 2.45) is 5.92 Å². The zero-order valence-corrected chi connectivity index (χ0v) is 13.0. The maximum absolute atomic E-state index is 13.0. The summed E-state index contributed by atoms with van der Waals surface area (Å²) in [7, 11) is 1.96. The maximum Gasteiger partial charge on any atom is 0.311 e. The van der Waals surface area contributed by atoms with Crippen LogP contribution in [0.15, 0.2) is 48.7 Å². The van der Waals surface area contributed by atoms with E-state index in [0.29, 0.717) is 13.1 Å². The predicted octanol–water partition coefficient (Wildman–Crippen LogP) is 2.61. The van der Waals surface area contributed by atoms with Crippen LogP contribution >= 0.6 is 0 Å². The summed E-state index contributed by atoms with van der Waals surface area (Å²) in [5.41, 5.74) is 1.70. The van der Waals surface area contributed by atoms with Crippen LogP contribution in [-0.4, -0.2) is 36.0 Å². The zero-order valence-electron chi connectivity index (χ0n) is 13.0. The fourth-order valence-electron chi connectivity index (χ4n) is 2.98. The number of aromatic nitrogens is 1. The van der Waals surface area contributed by atoms with Gasteiger partial charge in [-0.3, -0.25) is 9.78 Å². The van der Waals surface area contributed by atoms with Gasteiger partial charge < -0.3 is 9.64 Å². The van der Waals surface area contributed by atoms with Crippen LogP contribution in [0.3, 0.4) is 0 Å². The van der Waals surface area contributed by atoms with Gasteiger partial charge >= 0.3 is 5.97 Å². The van der Waals surface area contributed by atoms with E-state index in [1.54, 1.807) is 6.07 Å². The van der Waals surface area contributed by atoms with Gasteiger partial charge in [0.25, 0.3) is 0 Å². The minimum Gasteiger partial charge on any atom is -0.461 e. The van der Waals surface area contributed by atoms with E-state index in [-0.39, 0.29) is 30.2 Å². The summed E-state index contributed by atoms with van der Waals surface area (Å²) >= 11 is 0. The van der Waals surface area contributed by atoms with E-state index in [4.69, 9.17) is 4.74 Å². The van der Waals surface area contributed by atoms with Gasteiger partial charge in [-0.2, -0.15) is 0 Å². The molecule has 1 aromatic carbocycles. The van der Waals surface area contributed by atoms with Crippen molar-refractivity contribution in [2.45, 2.75) is 12.5 Å². The Kier molecular flexibility index (Phi) is 4.67. The van der Waals surface area contributed by atoms with E-state index >= 15 is 0 Å². The summed E-state index contributed by atoms with van der Waals surface area (Å²) in [6.45, 7) is 1.60. The number of esters is 1. The maximum atomic E-state index is 13.0. The van der Waals surface area contributed by atoms with Crippen molar-refractivity contribution in [3.63, 3.8) is 0 Å². The Bertz CT molecular complexity index is 660. The van der Waals surface area contributed by atoms with Crippen LogP contribution < -0.4 is 0 Å². The smallest absolute Gasteiger partial charge is 0.311 e. The molecule has 0 spiro atoms. The molecule has 3 rings (SSSR count). The van der Waals surface area contributed by atoms with Crippen molar-refractivity contribution in [1.82, 2.24) is 9.88 Å². The molecule has 1 aliphatic heterocycles. The largest absolute Gasteiger partial charge is 0.461 e. The zero-order chi connectivity index (χ0) is 16.2. The minimum absolute atomic E-state index is 0.0659. The van der Waals surface area contributed by atoms with Crippen molar-refractivity contribution in [2.75, 3.05) is 20.1 Å². The van der Waals surface area contributed by atoms with Crippen LogP contribution in [0.25, 0.3) is 0 Å². The summed E-state index contributed by atoms with van der Waals surface area (Å²) < 4.78 is 18.5. The van der Waals surface area contributed by atoms with Crippen LogP contribution in [0.2, 0.25) is 0 Å². The second kappa shape index (κ2) is 6.87. The molecular formula is C18H19FN2O2. The first-order chi connectivity index (χ1) is 11.1. The molecule has 0 N–H and O–H groups in total. The highest BCUT2D eigenvalue weighted by atomic mass is 19.1. The molecule has 0 saturated carbocycles. The fraction of sp³-hybridized carbons (Fsp3) is 0.333. The fourth-order valence-corrected chi connectivity index (χ4v) is 2.98. The Balaban J connectivity index is 1.69. The van der Waals surface area contributed by atoms with Crippen LogP contribution in [0.5, 0.6) is 0 Å². The monoisotopic (exact) mass is 314 g/mol. The topological polar surface area (TPSA) is 42.4 Å². The molecule has 4 nitrogen and oxygen atoms in total. The number of hydrogen-bond donors (Lipinski definition) is 0. The number of halogens is 1. The molecule has 2 aromatic rings. The molecule has 0 unspecified atom stereocenters. The third kappa shape index (κ3) is 3.74. The minimum atomic E-state index is -0.372. The van der Waals surface area contributed by atoms with Gasteiger partial charge in [0.2, 0.25) is 0 Å². The summed E-state index contributed by atoms with van der Waals surface area (Å²) in [6, 6.07) is 12.6. The molecule has 0 aliphatic carbocycles. The molecule has 0 amide bonds. The van der Waals surface area contributed by atoms with Gasteiger partial charge in [0, 0.05) is 24.7 Å². The summed E-state index contributed by atoms with van der Waals surface area (Å²) in [4.78, 5) is 18.7. The second-order valence-corrected chi connectivity index (χ2v) is 5.93. The SMILES string of the molecule is CN1C[C@@H](C(=O)OCc2ccccc2)[C@H](c2ccc(F)cn2)C1. The van der Waals surface area contributed by atoms with Crippen LogP contribution in [0.1, 0.15) is 17.2 Å². The van der Waals surface area contributed by atoms with Gasteiger partial charge in [-0.05, 0) is 24.7 Å². The van der Waals surface area contributed by atoms with E-state index < -0.39 is 0 Å². The predicted molar refractivity (Wildman–Crippen MR) is 84.2 cm³/mol. The third-order valence-electron chi connectivity index (χ3n) is 4.16. The summed E-state index contributed by atoms with van der Waals surface area (Å²) in [5, 5.41) is 0. The highest BCUT2D eigenvalue weighted by Crippen LogP contribution is 2.32. The number of likely N-dealkylation sites (tertiary alicyclic amines) is 1. The number of pyridine rings is 1. The molecule has 120 valence electrons. The number of hydrogen-bond acceptors (Lipinski definition) is 4. The van der Waals surface area contributed by atoms with Crippen molar-refractivity contribution in [1.29, 1.82) is 0 Å². The van der Waals surface area contributed by atoms with Crippen molar-refractivity contribution in [3.05, 3.63) is 65.7 Å². The molecule has 5 heteroatoms. The van der Waals surface area contributed by atoms with Crippen LogP contribution in [-0.2, 0) is 16.1 Å². The lowest BCUT2D eigenvalue weighted by atomic mass is 9.92. The van der Waals surface area contributed by atoms with E-state index in [9.17, 15) is 9.18 Å². The molecule has 1 saturated heterocycles. The third-order valence-corrected chi connectivity index (χ3v) is 4.16. The second-order valence-electron chi connectivity index (χ2n) is 5.93. The number of nitrogens with zero attached hydrogens (tertiary/aromatic N) is 2. The molecule has 1 fully saturated rings. The molecule has 2 heterocycles. The highest BCUT2D eigenvalue weighted by Gasteiger charge is 2.38. The average Bonchev–Trinajstić information content (AvgIpc) is 2.96. The molecule has 23 heavy (non-hydrogen) atoms. The first kappa shape index (κ1) is 15.6. The lowest BCUT2D eigenvalue weighted by molar-refractivity contribution is -0.149. The van der Waals surface area contributed by atoms with E-state index in [1.165, 1.54) is 12.3 Å². The molecular weight excluding hydrogens is 295 g/mol. The number of rotatable bonds is 4. The van der Waals surface area contributed by atoms with Gasteiger partial charge in [0.05, 0.1) is 12.1 Å². The van der Waals surface area contributed by atoms with E-state index in [2.05, 4.69) is 9.88 Å². The Morgan fingerprint density at radius 1 is 1.26 bits per heavy atom. The van der Waals surface area contributed by atoms with E-state index in [1.807, 2.05) is 37.4 Å².